The zero-order valence-corrected chi connectivity index (χ0v) is 8.25. The van der Waals surface area contributed by atoms with Crippen molar-refractivity contribution in [3.05, 3.63) is 28.9 Å². The standard InChI is InChI=1S/C9H7ClFNS/c10-4-6-3-5-1-2-13-9(5)8(12)7(6)11/h1-3H,4,12H2. The summed E-state index contributed by atoms with van der Waals surface area (Å²) >= 11 is 7.02. The molecule has 0 aliphatic carbocycles. The molecule has 1 aromatic heterocycles. The van der Waals surface area contributed by atoms with Crippen molar-refractivity contribution in [3.63, 3.8) is 0 Å². The van der Waals surface area contributed by atoms with Gasteiger partial charge in [-0.3, -0.25) is 0 Å². The Balaban J connectivity index is 2.83. The Morgan fingerprint density at radius 2 is 2.31 bits per heavy atom. The van der Waals surface area contributed by atoms with Crippen LogP contribution in [0.1, 0.15) is 5.56 Å². The first-order valence-electron chi connectivity index (χ1n) is 3.74. The van der Waals surface area contributed by atoms with Crippen molar-refractivity contribution in [2.24, 2.45) is 0 Å². The molecule has 1 heterocycles. The number of nitrogen functional groups attached to an aromatic ring is 1. The fraction of sp³-hybridized carbons (Fsp3) is 0.111. The molecule has 1 aromatic carbocycles. The van der Waals surface area contributed by atoms with Crippen molar-refractivity contribution >= 4 is 38.7 Å². The molecule has 0 amide bonds. The second-order valence-corrected chi connectivity index (χ2v) is 3.92. The average molecular weight is 216 g/mol. The number of benzene rings is 1. The molecule has 13 heavy (non-hydrogen) atoms. The maximum atomic E-state index is 13.4. The van der Waals surface area contributed by atoms with Crippen LogP contribution in [0.5, 0.6) is 0 Å². The van der Waals surface area contributed by atoms with E-state index in [2.05, 4.69) is 0 Å². The molecular weight excluding hydrogens is 209 g/mol. The molecule has 0 aliphatic rings. The largest absolute Gasteiger partial charge is 0.395 e. The molecule has 0 saturated carbocycles. The van der Waals surface area contributed by atoms with Gasteiger partial charge >= 0.3 is 0 Å². The van der Waals surface area contributed by atoms with E-state index in [9.17, 15) is 4.39 Å². The Bertz CT molecular complexity index is 452. The van der Waals surface area contributed by atoms with Crippen LogP contribution in [0.4, 0.5) is 10.1 Å². The third-order valence-corrected chi connectivity index (χ3v) is 3.18. The summed E-state index contributed by atoms with van der Waals surface area (Å²) in [6.07, 6.45) is 0. The van der Waals surface area contributed by atoms with Crippen molar-refractivity contribution < 1.29 is 4.39 Å². The molecule has 2 aromatic rings. The Labute approximate surface area is 83.9 Å². The van der Waals surface area contributed by atoms with Crippen LogP contribution in [-0.4, -0.2) is 0 Å². The number of rotatable bonds is 1. The van der Waals surface area contributed by atoms with Gasteiger partial charge in [0.05, 0.1) is 16.3 Å². The minimum atomic E-state index is -0.384. The number of anilines is 1. The molecule has 0 bridgehead atoms. The van der Waals surface area contributed by atoms with Crippen LogP contribution in [0.25, 0.3) is 10.1 Å². The number of hydrogen-bond donors (Lipinski definition) is 1. The summed E-state index contributed by atoms with van der Waals surface area (Å²) in [7, 11) is 0. The van der Waals surface area contributed by atoms with Crippen LogP contribution in [-0.2, 0) is 5.88 Å². The van der Waals surface area contributed by atoms with E-state index in [1.807, 2.05) is 11.4 Å². The minimum absolute atomic E-state index is 0.155. The molecule has 2 N–H and O–H groups in total. The fourth-order valence-corrected chi connectivity index (χ4v) is 2.30. The molecule has 0 radical (unpaired) electrons. The van der Waals surface area contributed by atoms with Gasteiger partial charge in [-0.1, -0.05) is 0 Å². The molecular formula is C9H7ClFNS. The monoisotopic (exact) mass is 215 g/mol. The molecule has 0 unspecified atom stereocenters. The first-order valence-corrected chi connectivity index (χ1v) is 5.15. The predicted molar refractivity (Wildman–Crippen MR) is 55.8 cm³/mol. The molecule has 4 heteroatoms. The van der Waals surface area contributed by atoms with Crippen LogP contribution in [0, 0.1) is 5.82 Å². The highest BCUT2D eigenvalue weighted by atomic mass is 35.5. The molecule has 2 rings (SSSR count). The summed E-state index contributed by atoms with van der Waals surface area (Å²) in [5.74, 6) is -0.230. The highest BCUT2D eigenvalue weighted by Gasteiger charge is 2.10. The Morgan fingerprint density at radius 1 is 1.54 bits per heavy atom. The minimum Gasteiger partial charge on any atom is -0.395 e. The summed E-state index contributed by atoms with van der Waals surface area (Å²) in [5.41, 5.74) is 6.29. The molecule has 1 nitrogen and oxygen atoms in total. The van der Waals surface area contributed by atoms with Crippen LogP contribution in [0.2, 0.25) is 0 Å². The van der Waals surface area contributed by atoms with Gasteiger partial charge in [-0.05, 0) is 22.9 Å². The van der Waals surface area contributed by atoms with Gasteiger partial charge in [0.1, 0.15) is 0 Å². The van der Waals surface area contributed by atoms with E-state index >= 15 is 0 Å². The van der Waals surface area contributed by atoms with E-state index in [4.69, 9.17) is 17.3 Å². The van der Waals surface area contributed by atoms with Gasteiger partial charge in [0.15, 0.2) is 5.82 Å². The fourth-order valence-electron chi connectivity index (χ4n) is 1.27. The molecule has 0 aliphatic heterocycles. The Kier molecular flexibility index (Phi) is 2.14. The van der Waals surface area contributed by atoms with Crippen LogP contribution < -0.4 is 5.73 Å². The Morgan fingerprint density at radius 3 is 3.00 bits per heavy atom. The molecule has 0 spiro atoms. The van der Waals surface area contributed by atoms with Crippen molar-refractivity contribution in [1.82, 2.24) is 0 Å². The highest BCUT2D eigenvalue weighted by molar-refractivity contribution is 7.17. The maximum Gasteiger partial charge on any atom is 0.151 e. The van der Waals surface area contributed by atoms with E-state index in [0.717, 1.165) is 10.1 Å². The van der Waals surface area contributed by atoms with Crippen molar-refractivity contribution in [2.45, 2.75) is 5.88 Å². The summed E-state index contributed by atoms with van der Waals surface area (Å²) in [4.78, 5) is 0. The van der Waals surface area contributed by atoms with Gasteiger partial charge < -0.3 is 5.73 Å². The third-order valence-electron chi connectivity index (χ3n) is 1.93. The van der Waals surface area contributed by atoms with Crippen LogP contribution in [0.15, 0.2) is 17.5 Å². The van der Waals surface area contributed by atoms with Gasteiger partial charge in [-0.2, -0.15) is 0 Å². The second kappa shape index (κ2) is 3.16. The SMILES string of the molecule is Nc1c(F)c(CCl)cc2ccsc12. The summed E-state index contributed by atoms with van der Waals surface area (Å²) in [6.45, 7) is 0. The van der Waals surface area contributed by atoms with Gasteiger partial charge in [0.25, 0.3) is 0 Å². The number of fused-ring (bicyclic) bond motifs is 1. The first kappa shape index (κ1) is 8.78. The van der Waals surface area contributed by atoms with Crippen molar-refractivity contribution in [3.8, 4) is 0 Å². The van der Waals surface area contributed by atoms with E-state index in [1.165, 1.54) is 11.3 Å². The highest BCUT2D eigenvalue weighted by Crippen LogP contribution is 2.31. The molecule has 0 atom stereocenters. The lowest BCUT2D eigenvalue weighted by atomic mass is 10.1. The smallest absolute Gasteiger partial charge is 0.151 e. The predicted octanol–water partition coefficient (Wildman–Crippen LogP) is 3.36. The quantitative estimate of drug-likeness (QED) is 0.573. The molecule has 0 saturated heterocycles. The summed E-state index contributed by atoms with van der Waals surface area (Å²) in [6, 6.07) is 3.65. The van der Waals surface area contributed by atoms with E-state index < -0.39 is 0 Å². The van der Waals surface area contributed by atoms with E-state index in [0.29, 0.717) is 5.56 Å². The Hall–Kier alpha value is -0.800. The van der Waals surface area contributed by atoms with Gasteiger partial charge in [-0.25, -0.2) is 4.39 Å². The zero-order chi connectivity index (χ0) is 9.42. The lowest BCUT2D eigenvalue weighted by Crippen LogP contribution is -1.95. The topological polar surface area (TPSA) is 26.0 Å². The van der Waals surface area contributed by atoms with E-state index in [1.54, 1.807) is 6.07 Å². The zero-order valence-electron chi connectivity index (χ0n) is 6.68. The number of hydrogen-bond acceptors (Lipinski definition) is 2. The van der Waals surface area contributed by atoms with Crippen LogP contribution >= 0.6 is 22.9 Å². The summed E-state index contributed by atoms with van der Waals surface area (Å²) < 4.78 is 14.2. The summed E-state index contributed by atoms with van der Waals surface area (Å²) in [5, 5.41) is 2.85. The van der Waals surface area contributed by atoms with Crippen LogP contribution in [0.3, 0.4) is 0 Å². The van der Waals surface area contributed by atoms with Crippen molar-refractivity contribution in [1.29, 1.82) is 0 Å². The lowest BCUT2D eigenvalue weighted by molar-refractivity contribution is 0.623. The third kappa shape index (κ3) is 1.28. The maximum absolute atomic E-state index is 13.4. The lowest BCUT2D eigenvalue weighted by Gasteiger charge is -2.03. The number of thiophene rings is 1. The molecule has 68 valence electrons. The number of nitrogens with two attached hydrogens (primary N) is 1. The average Bonchev–Trinajstić information content (AvgIpc) is 2.59. The normalized spacial score (nSPS) is 10.9. The number of halogens is 2. The molecule has 0 fully saturated rings. The van der Waals surface area contributed by atoms with Gasteiger partial charge in [-0.15, -0.1) is 22.9 Å². The van der Waals surface area contributed by atoms with Crippen molar-refractivity contribution in [2.75, 3.05) is 5.73 Å². The van der Waals surface area contributed by atoms with E-state index in [-0.39, 0.29) is 17.4 Å². The van der Waals surface area contributed by atoms with Gasteiger partial charge in [0.2, 0.25) is 0 Å². The second-order valence-electron chi connectivity index (χ2n) is 2.74. The van der Waals surface area contributed by atoms with Gasteiger partial charge in [0, 0.05) is 5.56 Å². The first-order chi connectivity index (χ1) is 6.24. The number of alkyl halides is 1.